The van der Waals surface area contributed by atoms with E-state index in [9.17, 15) is 13.6 Å². The molecule has 1 aliphatic heterocycles. The number of hydrogen-bond donors (Lipinski definition) is 1. The molecular weight excluding hydrogens is 358 g/mol. The van der Waals surface area contributed by atoms with Crippen molar-refractivity contribution >= 4 is 22.4 Å². The second kappa shape index (κ2) is 6.84. The first kappa shape index (κ1) is 16.7. The van der Waals surface area contributed by atoms with E-state index >= 15 is 0 Å². The van der Waals surface area contributed by atoms with Gasteiger partial charge >= 0.3 is 0 Å². The maximum Gasteiger partial charge on any atom is 0.233 e. The van der Waals surface area contributed by atoms with Crippen LogP contribution in [0.2, 0.25) is 0 Å². The van der Waals surface area contributed by atoms with Gasteiger partial charge < -0.3 is 10.1 Å². The number of nitrogens with zero attached hydrogens (tertiary/aromatic N) is 1. The largest absolute Gasteiger partial charge is 0.492 e. The molecule has 0 aliphatic carbocycles. The fraction of sp³-hybridized carbons (Fsp3) is 0.158. The van der Waals surface area contributed by atoms with Crippen LogP contribution in [0.25, 0.3) is 11.3 Å². The summed E-state index contributed by atoms with van der Waals surface area (Å²) in [6.07, 6.45) is 0.601. The molecule has 26 heavy (non-hydrogen) atoms. The van der Waals surface area contributed by atoms with Gasteiger partial charge in [-0.1, -0.05) is 18.2 Å². The van der Waals surface area contributed by atoms with Gasteiger partial charge in [0.15, 0.2) is 16.8 Å². The van der Waals surface area contributed by atoms with Crippen molar-refractivity contribution in [1.29, 1.82) is 0 Å². The van der Waals surface area contributed by atoms with E-state index in [1.54, 1.807) is 5.38 Å². The molecule has 0 radical (unpaired) electrons. The second-order valence-electron chi connectivity index (χ2n) is 5.98. The number of hydrogen-bond acceptors (Lipinski definition) is 4. The highest BCUT2D eigenvalue weighted by molar-refractivity contribution is 7.14. The van der Waals surface area contributed by atoms with E-state index in [4.69, 9.17) is 4.74 Å². The number of benzene rings is 2. The van der Waals surface area contributed by atoms with Gasteiger partial charge in [-0.2, -0.15) is 0 Å². The maximum atomic E-state index is 13.4. The summed E-state index contributed by atoms with van der Waals surface area (Å²) in [7, 11) is 0. The molecular formula is C19H14F2N2O2S. The first-order valence-corrected chi connectivity index (χ1v) is 8.90. The molecule has 0 spiro atoms. The summed E-state index contributed by atoms with van der Waals surface area (Å²) in [5.41, 5.74) is 1.94. The van der Waals surface area contributed by atoms with Crippen molar-refractivity contribution in [2.45, 2.75) is 6.42 Å². The van der Waals surface area contributed by atoms with Crippen molar-refractivity contribution in [2.75, 3.05) is 11.9 Å². The molecule has 2 heterocycles. The van der Waals surface area contributed by atoms with Crippen LogP contribution in [0.4, 0.5) is 13.9 Å². The fourth-order valence-corrected chi connectivity index (χ4v) is 3.55. The minimum absolute atomic E-state index is 0.175. The summed E-state index contributed by atoms with van der Waals surface area (Å²) in [5, 5.41) is 4.88. The summed E-state index contributed by atoms with van der Waals surface area (Å²) in [6.45, 7) is 0.310. The molecule has 0 unspecified atom stereocenters. The minimum Gasteiger partial charge on any atom is -0.492 e. The Kier molecular flexibility index (Phi) is 4.38. The Morgan fingerprint density at radius 3 is 2.88 bits per heavy atom. The molecule has 1 atom stereocenters. The number of aromatic nitrogens is 1. The average Bonchev–Trinajstić information content (AvgIpc) is 3.12. The third-order valence-corrected chi connectivity index (χ3v) is 4.96. The Balaban J connectivity index is 1.46. The molecule has 1 aliphatic rings. The highest BCUT2D eigenvalue weighted by Crippen LogP contribution is 2.29. The Morgan fingerprint density at radius 2 is 2.04 bits per heavy atom. The molecule has 4 nitrogen and oxygen atoms in total. The SMILES string of the molecule is O=C(Nc1nc(-c2ccc(F)c(F)c2)cs1)[C@@H]1COc2ccccc2C1. The zero-order chi connectivity index (χ0) is 18.1. The molecule has 1 N–H and O–H groups in total. The van der Waals surface area contributed by atoms with Crippen molar-refractivity contribution in [3.63, 3.8) is 0 Å². The lowest BCUT2D eigenvalue weighted by atomic mass is 9.96. The van der Waals surface area contributed by atoms with E-state index in [1.807, 2.05) is 24.3 Å². The number of anilines is 1. The molecule has 0 bridgehead atoms. The molecule has 0 saturated heterocycles. The van der Waals surface area contributed by atoms with Gasteiger partial charge in [0.25, 0.3) is 0 Å². The van der Waals surface area contributed by atoms with Crippen LogP contribution in [-0.2, 0) is 11.2 Å². The van der Waals surface area contributed by atoms with Crippen LogP contribution in [0.3, 0.4) is 0 Å². The summed E-state index contributed by atoms with van der Waals surface area (Å²) >= 11 is 1.23. The minimum atomic E-state index is -0.931. The Hall–Kier alpha value is -2.80. The van der Waals surface area contributed by atoms with Crippen molar-refractivity contribution in [3.05, 3.63) is 65.0 Å². The number of ether oxygens (including phenoxy) is 1. The number of amides is 1. The molecule has 2 aromatic carbocycles. The molecule has 1 aromatic heterocycles. The third-order valence-electron chi connectivity index (χ3n) is 4.20. The van der Waals surface area contributed by atoms with Crippen LogP contribution in [0, 0.1) is 17.6 Å². The first-order valence-electron chi connectivity index (χ1n) is 8.02. The number of thiazole rings is 1. The predicted molar refractivity (Wildman–Crippen MR) is 95.2 cm³/mol. The average molecular weight is 372 g/mol. The summed E-state index contributed by atoms with van der Waals surface area (Å²) in [6, 6.07) is 11.2. The number of para-hydroxylation sites is 1. The standard InChI is InChI=1S/C19H14F2N2O2S/c20-14-6-5-11(8-15(14)21)16-10-26-19(22-16)23-18(24)13-7-12-3-1-2-4-17(12)25-9-13/h1-6,8,10,13H,7,9H2,(H,22,23,24)/t13-/m0/s1. The quantitative estimate of drug-likeness (QED) is 0.747. The van der Waals surface area contributed by atoms with E-state index in [-0.39, 0.29) is 11.8 Å². The molecule has 0 fully saturated rings. The Morgan fingerprint density at radius 1 is 1.19 bits per heavy atom. The van der Waals surface area contributed by atoms with Crippen molar-refractivity contribution in [3.8, 4) is 17.0 Å². The van der Waals surface area contributed by atoms with Crippen molar-refractivity contribution < 1.29 is 18.3 Å². The van der Waals surface area contributed by atoms with E-state index < -0.39 is 11.6 Å². The first-order chi connectivity index (χ1) is 12.6. The number of halogens is 2. The van der Waals surface area contributed by atoms with E-state index in [1.165, 1.54) is 17.4 Å². The lowest BCUT2D eigenvalue weighted by molar-refractivity contribution is -0.121. The summed E-state index contributed by atoms with van der Waals surface area (Å²) in [5.74, 6) is -1.51. The molecule has 3 aromatic rings. The Labute approximate surface area is 152 Å². The highest BCUT2D eigenvalue weighted by Gasteiger charge is 2.26. The summed E-state index contributed by atoms with van der Waals surface area (Å²) in [4.78, 5) is 16.8. The van der Waals surface area contributed by atoms with E-state index in [0.29, 0.717) is 29.4 Å². The number of nitrogens with one attached hydrogen (secondary N) is 1. The fourth-order valence-electron chi connectivity index (χ4n) is 2.82. The Bertz CT molecular complexity index is 974. The van der Waals surface area contributed by atoms with Crippen molar-refractivity contribution in [2.24, 2.45) is 5.92 Å². The van der Waals surface area contributed by atoms with Gasteiger partial charge in [0.1, 0.15) is 12.4 Å². The van der Waals surface area contributed by atoms with Crippen LogP contribution >= 0.6 is 11.3 Å². The lowest BCUT2D eigenvalue weighted by Crippen LogP contribution is -2.32. The molecule has 132 valence electrons. The second-order valence-corrected chi connectivity index (χ2v) is 6.83. The van der Waals surface area contributed by atoms with Crippen LogP contribution in [-0.4, -0.2) is 17.5 Å². The molecule has 7 heteroatoms. The van der Waals surface area contributed by atoms with Gasteiger partial charge in [0.05, 0.1) is 11.6 Å². The lowest BCUT2D eigenvalue weighted by Gasteiger charge is -2.24. The molecule has 1 amide bonds. The normalized spacial score (nSPS) is 15.8. The van der Waals surface area contributed by atoms with Gasteiger partial charge in [-0.25, -0.2) is 13.8 Å². The van der Waals surface area contributed by atoms with Crippen molar-refractivity contribution in [1.82, 2.24) is 4.98 Å². The monoisotopic (exact) mass is 372 g/mol. The summed E-state index contributed by atoms with van der Waals surface area (Å²) < 4.78 is 32.0. The zero-order valence-electron chi connectivity index (χ0n) is 13.5. The number of rotatable bonds is 3. The third kappa shape index (κ3) is 3.30. The van der Waals surface area contributed by atoms with E-state index in [0.717, 1.165) is 23.4 Å². The highest BCUT2D eigenvalue weighted by atomic mass is 32.1. The molecule has 4 rings (SSSR count). The predicted octanol–water partition coefficient (Wildman–Crippen LogP) is 4.28. The van der Waals surface area contributed by atoms with Crippen LogP contribution in [0.15, 0.2) is 47.8 Å². The van der Waals surface area contributed by atoms with Gasteiger partial charge in [0, 0.05) is 10.9 Å². The maximum absolute atomic E-state index is 13.4. The van der Waals surface area contributed by atoms with Crippen LogP contribution in [0.1, 0.15) is 5.56 Å². The topological polar surface area (TPSA) is 51.2 Å². The smallest absolute Gasteiger partial charge is 0.233 e. The van der Waals surface area contributed by atoms with Gasteiger partial charge in [0.2, 0.25) is 5.91 Å². The number of carbonyl (C=O) groups excluding carboxylic acids is 1. The molecule has 0 saturated carbocycles. The van der Waals surface area contributed by atoms with Crippen LogP contribution in [0.5, 0.6) is 5.75 Å². The zero-order valence-corrected chi connectivity index (χ0v) is 14.4. The van der Waals surface area contributed by atoms with Gasteiger partial charge in [-0.15, -0.1) is 11.3 Å². The van der Waals surface area contributed by atoms with Gasteiger partial charge in [-0.3, -0.25) is 4.79 Å². The van der Waals surface area contributed by atoms with Crippen LogP contribution < -0.4 is 10.1 Å². The number of carbonyl (C=O) groups is 1. The number of fused-ring (bicyclic) bond motifs is 1. The van der Waals surface area contributed by atoms with Gasteiger partial charge in [-0.05, 0) is 36.2 Å². The van der Waals surface area contributed by atoms with E-state index in [2.05, 4.69) is 10.3 Å².